The van der Waals surface area contributed by atoms with Crippen molar-refractivity contribution in [2.45, 2.75) is 19.8 Å². The van der Waals surface area contributed by atoms with Crippen LogP contribution in [0.1, 0.15) is 28.2 Å². The largest absolute Gasteiger partial charge is 0.493 e. The fourth-order valence-corrected chi connectivity index (χ4v) is 3.23. The Bertz CT molecular complexity index is 840. The van der Waals surface area contributed by atoms with Crippen LogP contribution in [0.15, 0.2) is 28.8 Å². The molecule has 0 atom stereocenters. The standard InChI is InChI=1S/C20H25N3O5/c1-14-12-16(21-28-14)20(25)23-10-8-22(9-11-23)19(24)7-5-15-4-6-17(26-2)18(13-15)27-3/h4,6,12-13H,5,7-11H2,1-3H3. The van der Waals surface area contributed by atoms with Crippen molar-refractivity contribution in [2.24, 2.45) is 0 Å². The van der Waals surface area contributed by atoms with Crippen LogP contribution >= 0.6 is 0 Å². The summed E-state index contributed by atoms with van der Waals surface area (Å²) >= 11 is 0. The van der Waals surface area contributed by atoms with E-state index < -0.39 is 0 Å². The molecule has 0 aliphatic carbocycles. The molecule has 0 radical (unpaired) electrons. The Labute approximate surface area is 164 Å². The number of benzene rings is 1. The highest BCUT2D eigenvalue weighted by Gasteiger charge is 2.26. The van der Waals surface area contributed by atoms with Gasteiger partial charge in [-0.2, -0.15) is 0 Å². The first-order chi connectivity index (χ1) is 13.5. The zero-order valence-corrected chi connectivity index (χ0v) is 16.4. The molecule has 2 amide bonds. The maximum absolute atomic E-state index is 12.5. The minimum Gasteiger partial charge on any atom is -0.493 e. The summed E-state index contributed by atoms with van der Waals surface area (Å²) in [6.07, 6.45) is 1.03. The number of nitrogens with zero attached hydrogens (tertiary/aromatic N) is 3. The second kappa shape index (κ2) is 8.77. The fourth-order valence-electron chi connectivity index (χ4n) is 3.23. The highest BCUT2D eigenvalue weighted by molar-refractivity contribution is 5.92. The number of aromatic nitrogens is 1. The summed E-state index contributed by atoms with van der Waals surface area (Å²) in [5, 5.41) is 3.77. The van der Waals surface area contributed by atoms with E-state index in [1.807, 2.05) is 18.2 Å². The van der Waals surface area contributed by atoms with Crippen molar-refractivity contribution in [1.29, 1.82) is 0 Å². The van der Waals surface area contributed by atoms with Gasteiger partial charge in [-0.15, -0.1) is 0 Å². The number of hydrogen-bond acceptors (Lipinski definition) is 6. The number of rotatable bonds is 6. The van der Waals surface area contributed by atoms with Crippen molar-refractivity contribution in [3.05, 3.63) is 41.3 Å². The normalized spacial score (nSPS) is 14.1. The molecule has 1 aliphatic heterocycles. The van der Waals surface area contributed by atoms with E-state index in [0.29, 0.717) is 62.0 Å². The number of carbonyl (C=O) groups excluding carboxylic acids is 2. The highest BCUT2D eigenvalue weighted by Crippen LogP contribution is 2.28. The lowest BCUT2D eigenvalue weighted by molar-refractivity contribution is -0.132. The molecular weight excluding hydrogens is 362 g/mol. The quantitative estimate of drug-likeness (QED) is 0.753. The second-order valence-corrected chi connectivity index (χ2v) is 6.69. The van der Waals surface area contributed by atoms with E-state index in [-0.39, 0.29) is 11.8 Å². The molecule has 8 heteroatoms. The van der Waals surface area contributed by atoms with Gasteiger partial charge in [0.1, 0.15) is 5.76 Å². The zero-order valence-electron chi connectivity index (χ0n) is 16.4. The lowest BCUT2D eigenvalue weighted by Gasteiger charge is -2.34. The maximum atomic E-state index is 12.5. The van der Waals surface area contributed by atoms with Gasteiger partial charge < -0.3 is 23.8 Å². The van der Waals surface area contributed by atoms with Crippen molar-refractivity contribution in [2.75, 3.05) is 40.4 Å². The maximum Gasteiger partial charge on any atom is 0.276 e. The third kappa shape index (κ3) is 4.44. The van der Waals surface area contributed by atoms with E-state index in [9.17, 15) is 9.59 Å². The van der Waals surface area contributed by atoms with Crippen molar-refractivity contribution >= 4 is 11.8 Å². The van der Waals surface area contributed by atoms with E-state index in [4.69, 9.17) is 14.0 Å². The first kappa shape index (κ1) is 19.7. The van der Waals surface area contributed by atoms with Crippen molar-refractivity contribution < 1.29 is 23.6 Å². The molecule has 0 unspecified atom stereocenters. The summed E-state index contributed by atoms with van der Waals surface area (Å²) in [4.78, 5) is 28.4. The minimum absolute atomic E-state index is 0.0826. The molecule has 1 saturated heterocycles. The Morgan fingerprint density at radius 2 is 1.71 bits per heavy atom. The van der Waals surface area contributed by atoms with E-state index in [1.165, 1.54) is 0 Å². The predicted molar refractivity (Wildman–Crippen MR) is 102 cm³/mol. The molecule has 0 N–H and O–H groups in total. The Kier molecular flexibility index (Phi) is 6.18. The van der Waals surface area contributed by atoms with Crippen LogP contribution in [0.5, 0.6) is 11.5 Å². The monoisotopic (exact) mass is 387 g/mol. The number of amides is 2. The van der Waals surface area contributed by atoms with Gasteiger partial charge in [0.15, 0.2) is 17.2 Å². The van der Waals surface area contributed by atoms with Crippen LogP contribution in [0.2, 0.25) is 0 Å². The third-order valence-corrected chi connectivity index (χ3v) is 4.84. The second-order valence-electron chi connectivity index (χ2n) is 6.69. The lowest BCUT2D eigenvalue weighted by atomic mass is 10.1. The van der Waals surface area contributed by atoms with Crippen molar-refractivity contribution in [3.8, 4) is 11.5 Å². The Balaban J connectivity index is 1.49. The number of methoxy groups -OCH3 is 2. The minimum atomic E-state index is -0.158. The topological polar surface area (TPSA) is 85.1 Å². The number of aryl methyl sites for hydroxylation is 2. The van der Waals surface area contributed by atoms with Gasteiger partial charge in [0.2, 0.25) is 5.91 Å². The van der Waals surface area contributed by atoms with Gasteiger partial charge in [-0.25, -0.2) is 0 Å². The summed E-state index contributed by atoms with van der Waals surface area (Å²) in [5.74, 6) is 1.85. The van der Waals surface area contributed by atoms with Gasteiger partial charge in [0.05, 0.1) is 14.2 Å². The van der Waals surface area contributed by atoms with Crippen LogP contribution in [0, 0.1) is 6.92 Å². The highest BCUT2D eigenvalue weighted by atomic mass is 16.5. The van der Waals surface area contributed by atoms with Gasteiger partial charge >= 0.3 is 0 Å². The molecule has 0 saturated carbocycles. The summed E-state index contributed by atoms with van der Waals surface area (Å²) in [6, 6.07) is 7.30. The van der Waals surface area contributed by atoms with Crippen LogP contribution in [0.4, 0.5) is 0 Å². The summed E-state index contributed by atoms with van der Waals surface area (Å²) in [5.41, 5.74) is 1.33. The Hall–Kier alpha value is -3.03. The molecular formula is C20H25N3O5. The van der Waals surface area contributed by atoms with Crippen LogP contribution in [-0.4, -0.2) is 67.2 Å². The van der Waals surface area contributed by atoms with Gasteiger partial charge in [-0.05, 0) is 31.0 Å². The van der Waals surface area contributed by atoms with Crippen molar-refractivity contribution in [1.82, 2.24) is 15.0 Å². The van der Waals surface area contributed by atoms with E-state index in [2.05, 4.69) is 5.16 Å². The van der Waals surface area contributed by atoms with Gasteiger partial charge in [0.25, 0.3) is 5.91 Å². The number of hydrogen-bond donors (Lipinski definition) is 0. The molecule has 28 heavy (non-hydrogen) atoms. The third-order valence-electron chi connectivity index (χ3n) is 4.84. The van der Waals surface area contributed by atoms with Crippen LogP contribution < -0.4 is 9.47 Å². The average molecular weight is 387 g/mol. The number of piperazine rings is 1. The summed E-state index contributed by atoms with van der Waals surface area (Å²) in [6.45, 7) is 3.78. The summed E-state index contributed by atoms with van der Waals surface area (Å²) < 4.78 is 15.5. The zero-order chi connectivity index (χ0) is 20.1. The predicted octanol–water partition coefficient (Wildman–Crippen LogP) is 1.92. The first-order valence-electron chi connectivity index (χ1n) is 9.23. The van der Waals surface area contributed by atoms with Crippen LogP contribution in [0.25, 0.3) is 0 Å². The molecule has 1 fully saturated rings. The van der Waals surface area contributed by atoms with E-state index in [1.54, 1.807) is 37.0 Å². The van der Waals surface area contributed by atoms with Crippen LogP contribution in [-0.2, 0) is 11.2 Å². The van der Waals surface area contributed by atoms with Crippen LogP contribution in [0.3, 0.4) is 0 Å². The lowest BCUT2D eigenvalue weighted by Crippen LogP contribution is -2.50. The Morgan fingerprint density at radius 3 is 2.32 bits per heavy atom. The number of ether oxygens (including phenoxy) is 2. The molecule has 2 aromatic rings. The first-order valence-corrected chi connectivity index (χ1v) is 9.23. The fraction of sp³-hybridized carbons (Fsp3) is 0.450. The van der Waals surface area contributed by atoms with E-state index >= 15 is 0 Å². The molecule has 1 aliphatic rings. The van der Waals surface area contributed by atoms with E-state index in [0.717, 1.165) is 5.56 Å². The van der Waals surface area contributed by atoms with Gasteiger partial charge in [-0.1, -0.05) is 11.2 Å². The SMILES string of the molecule is COc1ccc(CCC(=O)N2CCN(C(=O)c3cc(C)on3)CC2)cc1OC. The molecule has 0 bridgehead atoms. The molecule has 150 valence electrons. The molecule has 3 rings (SSSR count). The number of carbonyl (C=O) groups is 2. The van der Waals surface area contributed by atoms with Gasteiger partial charge in [0, 0.05) is 38.7 Å². The molecule has 8 nitrogen and oxygen atoms in total. The van der Waals surface area contributed by atoms with Crippen molar-refractivity contribution in [3.63, 3.8) is 0 Å². The molecule has 2 heterocycles. The van der Waals surface area contributed by atoms with Gasteiger partial charge in [-0.3, -0.25) is 9.59 Å². The smallest absolute Gasteiger partial charge is 0.276 e. The average Bonchev–Trinajstić information content (AvgIpc) is 3.17. The molecule has 1 aromatic carbocycles. The Morgan fingerprint density at radius 1 is 1.04 bits per heavy atom. The molecule has 0 spiro atoms. The molecule has 1 aromatic heterocycles. The summed E-state index contributed by atoms with van der Waals surface area (Å²) in [7, 11) is 3.18.